The van der Waals surface area contributed by atoms with Crippen LogP contribution in [-0.4, -0.2) is 14.5 Å². The third-order valence-corrected chi connectivity index (χ3v) is 4.83. The number of nitrogens with one attached hydrogen (secondary N) is 1. The highest BCUT2D eigenvalue weighted by Gasteiger charge is 2.26. The van der Waals surface area contributed by atoms with Gasteiger partial charge in [0.15, 0.2) is 0 Å². The second-order valence-corrected chi connectivity index (χ2v) is 6.75. The van der Waals surface area contributed by atoms with Crippen LogP contribution in [0.1, 0.15) is 31.7 Å². The van der Waals surface area contributed by atoms with E-state index in [-0.39, 0.29) is 16.6 Å². The maximum Gasteiger partial charge on any atom is 0.242 e. The molecule has 0 bridgehead atoms. The van der Waals surface area contributed by atoms with Gasteiger partial charge in [0.1, 0.15) is 4.90 Å². The van der Waals surface area contributed by atoms with Crippen LogP contribution in [0.5, 0.6) is 0 Å². The van der Waals surface area contributed by atoms with Crippen molar-refractivity contribution >= 4 is 15.7 Å². The van der Waals surface area contributed by atoms with E-state index in [1.165, 1.54) is 31.0 Å². The zero-order valence-electron chi connectivity index (χ0n) is 10.8. The standard InChI is InChI=1S/C13H17N3O2S/c1-9(6-10-2-3-10)16-19(17,18)13-5-4-11(8-14)7-12(13)15/h4-5,7,9-10,16H,2-3,6,15H2,1H3. The molecule has 1 aliphatic rings. The first-order chi connectivity index (χ1) is 8.92. The summed E-state index contributed by atoms with van der Waals surface area (Å²) in [5.74, 6) is 0.649. The summed E-state index contributed by atoms with van der Waals surface area (Å²) in [5, 5.41) is 8.74. The van der Waals surface area contributed by atoms with Gasteiger partial charge in [0.2, 0.25) is 10.0 Å². The smallest absolute Gasteiger partial charge is 0.242 e. The molecule has 5 nitrogen and oxygen atoms in total. The van der Waals surface area contributed by atoms with Crippen molar-refractivity contribution in [3.05, 3.63) is 23.8 Å². The lowest BCUT2D eigenvalue weighted by Crippen LogP contribution is -2.33. The third kappa shape index (κ3) is 3.46. The number of nitrogen functional groups attached to an aromatic ring is 1. The minimum absolute atomic E-state index is 0.0362. The summed E-state index contributed by atoms with van der Waals surface area (Å²) >= 11 is 0. The minimum Gasteiger partial charge on any atom is -0.398 e. The fourth-order valence-electron chi connectivity index (χ4n) is 2.09. The molecule has 1 atom stereocenters. The van der Waals surface area contributed by atoms with Gasteiger partial charge in [0, 0.05) is 6.04 Å². The lowest BCUT2D eigenvalue weighted by Gasteiger charge is -2.15. The monoisotopic (exact) mass is 279 g/mol. The third-order valence-electron chi connectivity index (χ3n) is 3.17. The highest BCUT2D eigenvalue weighted by molar-refractivity contribution is 7.89. The number of hydrogen-bond donors (Lipinski definition) is 2. The average molecular weight is 279 g/mol. The van der Waals surface area contributed by atoms with E-state index >= 15 is 0 Å². The van der Waals surface area contributed by atoms with Crippen molar-refractivity contribution in [2.24, 2.45) is 5.92 Å². The van der Waals surface area contributed by atoms with Crippen LogP contribution in [0.25, 0.3) is 0 Å². The summed E-state index contributed by atoms with van der Waals surface area (Å²) in [4.78, 5) is 0.0362. The lowest BCUT2D eigenvalue weighted by molar-refractivity contribution is 0.530. The zero-order valence-corrected chi connectivity index (χ0v) is 11.6. The number of nitriles is 1. The second-order valence-electron chi connectivity index (χ2n) is 5.07. The summed E-state index contributed by atoms with van der Waals surface area (Å²) in [7, 11) is -3.62. The Morgan fingerprint density at radius 2 is 2.21 bits per heavy atom. The number of rotatable bonds is 5. The van der Waals surface area contributed by atoms with Crippen molar-refractivity contribution in [1.82, 2.24) is 4.72 Å². The Labute approximate surface area is 113 Å². The van der Waals surface area contributed by atoms with E-state index in [0.717, 1.165) is 6.42 Å². The maximum atomic E-state index is 12.2. The molecule has 1 aromatic carbocycles. The number of sulfonamides is 1. The predicted octanol–water partition coefficient (Wildman–Crippen LogP) is 1.61. The van der Waals surface area contributed by atoms with Crippen LogP contribution in [0.4, 0.5) is 5.69 Å². The van der Waals surface area contributed by atoms with Gasteiger partial charge in [-0.25, -0.2) is 13.1 Å². The molecule has 0 radical (unpaired) electrons. The predicted molar refractivity (Wildman–Crippen MR) is 72.7 cm³/mol. The van der Waals surface area contributed by atoms with Crippen LogP contribution in [0.15, 0.2) is 23.1 Å². The molecular weight excluding hydrogens is 262 g/mol. The molecular formula is C13H17N3O2S. The van der Waals surface area contributed by atoms with Crippen molar-refractivity contribution in [1.29, 1.82) is 5.26 Å². The van der Waals surface area contributed by atoms with E-state index in [1.54, 1.807) is 0 Å². The van der Waals surface area contributed by atoms with Crippen LogP contribution in [-0.2, 0) is 10.0 Å². The van der Waals surface area contributed by atoms with Crippen LogP contribution < -0.4 is 10.5 Å². The summed E-state index contributed by atoms with van der Waals surface area (Å²) < 4.78 is 27.0. The van der Waals surface area contributed by atoms with Crippen LogP contribution in [0.3, 0.4) is 0 Å². The van der Waals surface area contributed by atoms with Gasteiger partial charge in [-0.1, -0.05) is 12.8 Å². The second kappa shape index (κ2) is 5.19. The van der Waals surface area contributed by atoms with E-state index in [9.17, 15) is 8.42 Å². The Morgan fingerprint density at radius 3 is 2.74 bits per heavy atom. The van der Waals surface area contributed by atoms with Crippen molar-refractivity contribution < 1.29 is 8.42 Å². The van der Waals surface area contributed by atoms with E-state index in [2.05, 4.69) is 4.72 Å². The quantitative estimate of drug-likeness (QED) is 0.800. The normalized spacial score (nSPS) is 16.8. The molecule has 0 spiro atoms. The Morgan fingerprint density at radius 1 is 1.53 bits per heavy atom. The van der Waals surface area contributed by atoms with Gasteiger partial charge in [-0.2, -0.15) is 5.26 Å². The number of benzene rings is 1. The summed E-state index contributed by atoms with van der Waals surface area (Å²) in [6.07, 6.45) is 3.23. The lowest BCUT2D eigenvalue weighted by atomic mass is 10.2. The van der Waals surface area contributed by atoms with E-state index in [0.29, 0.717) is 11.5 Å². The Kier molecular flexibility index (Phi) is 3.78. The Balaban J connectivity index is 2.16. The van der Waals surface area contributed by atoms with Gasteiger partial charge >= 0.3 is 0 Å². The molecule has 2 rings (SSSR count). The molecule has 102 valence electrons. The van der Waals surface area contributed by atoms with Crippen LogP contribution in [0, 0.1) is 17.2 Å². The molecule has 1 unspecified atom stereocenters. The fourth-order valence-corrected chi connectivity index (χ4v) is 3.46. The molecule has 1 saturated carbocycles. The molecule has 0 amide bonds. The topological polar surface area (TPSA) is 96.0 Å². The van der Waals surface area contributed by atoms with Gasteiger partial charge in [-0.3, -0.25) is 0 Å². The Hall–Kier alpha value is -1.58. The van der Waals surface area contributed by atoms with Gasteiger partial charge in [-0.05, 0) is 37.5 Å². The molecule has 0 saturated heterocycles. The SMILES string of the molecule is CC(CC1CC1)NS(=O)(=O)c1ccc(C#N)cc1N. The zero-order chi connectivity index (χ0) is 14.0. The van der Waals surface area contributed by atoms with Crippen molar-refractivity contribution in [3.63, 3.8) is 0 Å². The molecule has 1 aromatic rings. The minimum atomic E-state index is -3.62. The average Bonchev–Trinajstić information content (AvgIpc) is 3.11. The van der Waals surface area contributed by atoms with E-state index in [4.69, 9.17) is 11.0 Å². The summed E-state index contributed by atoms with van der Waals surface area (Å²) in [6.45, 7) is 1.86. The first-order valence-corrected chi connectivity index (χ1v) is 7.72. The van der Waals surface area contributed by atoms with Crippen molar-refractivity contribution in [2.75, 3.05) is 5.73 Å². The molecule has 0 heterocycles. The van der Waals surface area contributed by atoms with Crippen molar-refractivity contribution in [3.8, 4) is 6.07 Å². The van der Waals surface area contributed by atoms with Gasteiger partial charge in [0.05, 0.1) is 17.3 Å². The Bertz CT molecular complexity index is 615. The number of hydrogen-bond acceptors (Lipinski definition) is 4. The number of nitrogens with zero attached hydrogens (tertiary/aromatic N) is 1. The molecule has 19 heavy (non-hydrogen) atoms. The van der Waals surface area contributed by atoms with Crippen molar-refractivity contribution in [2.45, 2.75) is 37.1 Å². The first-order valence-electron chi connectivity index (χ1n) is 6.24. The van der Waals surface area contributed by atoms with Gasteiger partial charge in [0.25, 0.3) is 0 Å². The maximum absolute atomic E-state index is 12.2. The van der Waals surface area contributed by atoms with Gasteiger partial charge in [-0.15, -0.1) is 0 Å². The van der Waals surface area contributed by atoms with Crippen LogP contribution in [0.2, 0.25) is 0 Å². The highest BCUT2D eigenvalue weighted by Crippen LogP contribution is 2.33. The van der Waals surface area contributed by atoms with Crippen LogP contribution >= 0.6 is 0 Å². The first kappa shape index (κ1) is 13.8. The molecule has 1 aliphatic carbocycles. The summed E-state index contributed by atoms with van der Waals surface area (Å²) in [5.41, 5.74) is 6.15. The number of nitrogens with two attached hydrogens (primary N) is 1. The number of anilines is 1. The molecule has 0 aromatic heterocycles. The van der Waals surface area contributed by atoms with E-state index < -0.39 is 10.0 Å². The van der Waals surface area contributed by atoms with E-state index in [1.807, 2.05) is 13.0 Å². The largest absolute Gasteiger partial charge is 0.398 e. The van der Waals surface area contributed by atoms with Gasteiger partial charge < -0.3 is 5.73 Å². The summed E-state index contributed by atoms with van der Waals surface area (Å²) in [6, 6.07) is 6.03. The molecule has 3 N–H and O–H groups in total. The molecule has 6 heteroatoms. The molecule has 0 aliphatic heterocycles. The molecule has 1 fully saturated rings. The fraction of sp³-hybridized carbons (Fsp3) is 0.462. The highest BCUT2D eigenvalue weighted by atomic mass is 32.2.